The molecule has 3 rings (SSSR count). The number of carbonyl (C=O) groups excluding carboxylic acids is 1. The molecule has 1 aliphatic carbocycles. The van der Waals surface area contributed by atoms with Crippen LogP contribution >= 0.6 is 0 Å². The van der Waals surface area contributed by atoms with Crippen LogP contribution in [0.25, 0.3) is 16.3 Å². The van der Waals surface area contributed by atoms with Gasteiger partial charge in [-0.05, 0) is 66.8 Å². The maximum Gasteiger partial charge on any atom is 0.160 e. The fourth-order valence-electron chi connectivity index (χ4n) is 3.01. The molecular formula is C19H18O. The zero-order chi connectivity index (χ0) is 14.3. The predicted molar refractivity (Wildman–Crippen MR) is 84.9 cm³/mol. The van der Waals surface area contributed by atoms with Crippen molar-refractivity contribution in [2.75, 3.05) is 0 Å². The monoisotopic (exact) mass is 262 g/mol. The van der Waals surface area contributed by atoms with Crippen LogP contribution in [0.4, 0.5) is 0 Å². The third-order valence-electron chi connectivity index (χ3n) is 3.98. The third-order valence-corrected chi connectivity index (χ3v) is 3.98. The molecule has 0 saturated heterocycles. The Hall–Kier alpha value is -2.15. The van der Waals surface area contributed by atoms with E-state index in [4.69, 9.17) is 0 Å². The summed E-state index contributed by atoms with van der Waals surface area (Å²) in [6.07, 6.45) is 3.17. The second kappa shape index (κ2) is 4.75. The molecule has 0 heterocycles. The Balaban J connectivity index is 2.26. The van der Waals surface area contributed by atoms with Crippen LogP contribution in [0, 0.1) is 0 Å². The maximum absolute atomic E-state index is 12.0. The van der Waals surface area contributed by atoms with E-state index >= 15 is 0 Å². The van der Waals surface area contributed by atoms with E-state index in [1.165, 1.54) is 22.1 Å². The minimum absolute atomic E-state index is 0.135. The van der Waals surface area contributed by atoms with Crippen molar-refractivity contribution in [3.63, 3.8) is 0 Å². The lowest BCUT2D eigenvalue weighted by molar-refractivity contribution is 0.101. The Morgan fingerprint density at radius 3 is 2.25 bits per heavy atom. The Kier molecular flexibility index (Phi) is 3.06. The second-order valence-electron chi connectivity index (χ2n) is 5.63. The van der Waals surface area contributed by atoms with Gasteiger partial charge in [0.1, 0.15) is 0 Å². The number of Topliss-reactive ketones (excluding diaryl/α,β-unsaturated/α-hetero) is 1. The predicted octanol–water partition coefficient (Wildman–Crippen LogP) is 5.17. The highest BCUT2D eigenvalue weighted by Crippen LogP contribution is 2.36. The first kappa shape index (κ1) is 12.9. The SMILES string of the molecule is CC(=O)c1cc2ccccc2cc1C1=C(C)C=C(C)C1. The molecule has 0 spiro atoms. The first-order valence-corrected chi connectivity index (χ1v) is 6.97. The minimum Gasteiger partial charge on any atom is -0.294 e. The van der Waals surface area contributed by atoms with E-state index < -0.39 is 0 Å². The van der Waals surface area contributed by atoms with Crippen LogP contribution < -0.4 is 0 Å². The van der Waals surface area contributed by atoms with E-state index in [1.54, 1.807) is 6.92 Å². The molecule has 2 aromatic rings. The average Bonchev–Trinajstić information content (AvgIpc) is 2.76. The van der Waals surface area contributed by atoms with Crippen molar-refractivity contribution in [3.8, 4) is 0 Å². The van der Waals surface area contributed by atoms with Crippen molar-refractivity contribution in [2.45, 2.75) is 27.2 Å². The number of benzene rings is 2. The van der Waals surface area contributed by atoms with Gasteiger partial charge < -0.3 is 0 Å². The lowest BCUT2D eigenvalue weighted by atomic mass is 9.91. The fourth-order valence-corrected chi connectivity index (χ4v) is 3.01. The summed E-state index contributed by atoms with van der Waals surface area (Å²) in [7, 11) is 0. The molecule has 0 saturated carbocycles. The zero-order valence-corrected chi connectivity index (χ0v) is 12.2. The summed E-state index contributed by atoms with van der Waals surface area (Å²) in [5.41, 5.74) is 5.86. The topological polar surface area (TPSA) is 17.1 Å². The molecule has 0 N–H and O–H groups in total. The van der Waals surface area contributed by atoms with Gasteiger partial charge in [0, 0.05) is 5.56 Å². The van der Waals surface area contributed by atoms with Gasteiger partial charge in [0.2, 0.25) is 0 Å². The van der Waals surface area contributed by atoms with Crippen LogP contribution in [-0.2, 0) is 0 Å². The van der Waals surface area contributed by atoms with Gasteiger partial charge in [0.05, 0.1) is 0 Å². The Morgan fingerprint density at radius 2 is 1.70 bits per heavy atom. The highest BCUT2D eigenvalue weighted by atomic mass is 16.1. The van der Waals surface area contributed by atoms with Crippen molar-refractivity contribution in [1.82, 2.24) is 0 Å². The summed E-state index contributed by atoms with van der Waals surface area (Å²) < 4.78 is 0. The smallest absolute Gasteiger partial charge is 0.160 e. The Labute approximate surface area is 119 Å². The molecule has 1 nitrogen and oxygen atoms in total. The van der Waals surface area contributed by atoms with Crippen LogP contribution in [0.2, 0.25) is 0 Å². The molecule has 1 aliphatic rings. The summed E-state index contributed by atoms with van der Waals surface area (Å²) in [6.45, 7) is 5.93. The first-order valence-electron chi connectivity index (χ1n) is 6.97. The van der Waals surface area contributed by atoms with Crippen molar-refractivity contribution in [3.05, 3.63) is 64.7 Å². The quantitative estimate of drug-likeness (QED) is 0.683. The van der Waals surface area contributed by atoms with Crippen molar-refractivity contribution >= 4 is 22.1 Å². The van der Waals surface area contributed by atoms with E-state index in [2.05, 4.69) is 38.1 Å². The number of allylic oxidation sites excluding steroid dienone is 4. The molecule has 2 aromatic carbocycles. The molecular weight excluding hydrogens is 244 g/mol. The molecule has 100 valence electrons. The molecule has 0 amide bonds. The Morgan fingerprint density at radius 1 is 1.05 bits per heavy atom. The van der Waals surface area contributed by atoms with Gasteiger partial charge in [-0.15, -0.1) is 0 Å². The highest BCUT2D eigenvalue weighted by molar-refractivity contribution is 6.04. The third kappa shape index (κ3) is 2.09. The van der Waals surface area contributed by atoms with Crippen LogP contribution in [0.3, 0.4) is 0 Å². The van der Waals surface area contributed by atoms with Gasteiger partial charge in [-0.2, -0.15) is 0 Å². The normalized spacial score (nSPS) is 14.8. The molecule has 0 bridgehead atoms. The van der Waals surface area contributed by atoms with E-state index in [0.717, 1.165) is 22.9 Å². The standard InChI is InChI=1S/C19H18O/c1-12-8-13(2)17(9-12)19-11-16-7-5-4-6-15(16)10-18(19)14(3)20/h4-8,10-11H,9H2,1-3H3. The van der Waals surface area contributed by atoms with Gasteiger partial charge in [-0.1, -0.05) is 35.9 Å². The van der Waals surface area contributed by atoms with Crippen LogP contribution in [0.5, 0.6) is 0 Å². The second-order valence-corrected chi connectivity index (χ2v) is 5.63. The van der Waals surface area contributed by atoms with Gasteiger partial charge in [-0.3, -0.25) is 4.79 Å². The maximum atomic E-state index is 12.0. The van der Waals surface area contributed by atoms with Crippen molar-refractivity contribution in [1.29, 1.82) is 0 Å². The highest BCUT2D eigenvalue weighted by Gasteiger charge is 2.18. The molecule has 0 atom stereocenters. The average molecular weight is 262 g/mol. The largest absolute Gasteiger partial charge is 0.294 e. The van der Waals surface area contributed by atoms with Gasteiger partial charge >= 0.3 is 0 Å². The molecule has 0 aromatic heterocycles. The lowest BCUT2D eigenvalue weighted by Crippen LogP contribution is -2.00. The first-order chi connectivity index (χ1) is 9.56. The summed E-state index contributed by atoms with van der Waals surface area (Å²) >= 11 is 0. The molecule has 0 aliphatic heterocycles. The van der Waals surface area contributed by atoms with Gasteiger partial charge in [0.25, 0.3) is 0 Å². The molecule has 0 radical (unpaired) electrons. The molecule has 0 unspecified atom stereocenters. The summed E-state index contributed by atoms with van der Waals surface area (Å²) in [5, 5.41) is 2.32. The summed E-state index contributed by atoms with van der Waals surface area (Å²) in [4.78, 5) is 12.0. The molecule has 1 heteroatoms. The molecule has 20 heavy (non-hydrogen) atoms. The number of ketones is 1. The van der Waals surface area contributed by atoms with E-state index in [9.17, 15) is 4.79 Å². The van der Waals surface area contributed by atoms with E-state index in [0.29, 0.717) is 0 Å². The molecule has 0 fully saturated rings. The minimum atomic E-state index is 0.135. The van der Waals surface area contributed by atoms with Crippen LogP contribution in [-0.4, -0.2) is 5.78 Å². The number of hydrogen-bond acceptors (Lipinski definition) is 1. The lowest BCUT2D eigenvalue weighted by Gasteiger charge is -2.12. The van der Waals surface area contributed by atoms with Crippen molar-refractivity contribution < 1.29 is 4.79 Å². The Bertz CT molecular complexity index is 775. The van der Waals surface area contributed by atoms with E-state index in [-0.39, 0.29) is 5.78 Å². The van der Waals surface area contributed by atoms with Gasteiger partial charge in [0.15, 0.2) is 5.78 Å². The van der Waals surface area contributed by atoms with Crippen molar-refractivity contribution in [2.24, 2.45) is 0 Å². The van der Waals surface area contributed by atoms with Gasteiger partial charge in [-0.25, -0.2) is 0 Å². The summed E-state index contributed by atoms with van der Waals surface area (Å²) in [5.74, 6) is 0.135. The summed E-state index contributed by atoms with van der Waals surface area (Å²) in [6, 6.07) is 12.4. The number of rotatable bonds is 2. The fraction of sp³-hybridized carbons (Fsp3) is 0.211. The van der Waals surface area contributed by atoms with Crippen LogP contribution in [0.1, 0.15) is 43.1 Å². The number of carbonyl (C=O) groups is 1. The number of hydrogen-bond donors (Lipinski definition) is 0. The zero-order valence-electron chi connectivity index (χ0n) is 12.2. The number of fused-ring (bicyclic) bond motifs is 1. The van der Waals surface area contributed by atoms with E-state index in [1.807, 2.05) is 18.2 Å². The van der Waals surface area contributed by atoms with Crippen LogP contribution in [0.15, 0.2) is 53.6 Å².